The van der Waals surface area contributed by atoms with Gasteiger partial charge in [0.2, 0.25) is 0 Å². The van der Waals surface area contributed by atoms with Gasteiger partial charge in [-0.2, -0.15) is 0 Å². The minimum Gasteiger partial charge on any atom is -0.115 e. The summed E-state index contributed by atoms with van der Waals surface area (Å²) in [6.45, 7) is 10.5. The molecule has 0 spiro atoms. The van der Waals surface area contributed by atoms with E-state index in [0.29, 0.717) is 5.92 Å². The van der Waals surface area contributed by atoms with Gasteiger partial charge >= 0.3 is 0 Å². The maximum atomic E-state index is 5.77. The molecule has 0 amide bonds. The first-order valence-corrected chi connectivity index (χ1v) is 9.70. The molecule has 2 aromatic rings. The molecular formula is C27H28. The largest absolute Gasteiger partial charge is 0.115 e. The van der Waals surface area contributed by atoms with Crippen molar-refractivity contribution >= 4 is 11.1 Å². The lowest BCUT2D eigenvalue weighted by atomic mass is 9.94. The second-order valence-electron chi connectivity index (χ2n) is 7.98. The van der Waals surface area contributed by atoms with E-state index in [1.54, 1.807) is 0 Å². The lowest BCUT2D eigenvalue weighted by molar-refractivity contribution is 0.646. The summed E-state index contributed by atoms with van der Waals surface area (Å²) in [5, 5.41) is 0. The van der Waals surface area contributed by atoms with E-state index in [1.165, 1.54) is 39.0 Å². The highest BCUT2D eigenvalue weighted by molar-refractivity contribution is 5.89. The highest BCUT2D eigenvalue weighted by Crippen LogP contribution is 2.33. The van der Waals surface area contributed by atoms with Gasteiger partial charge in [-0.1, -0.05) is 80.5 Å². The molecule has 0 saturated carbocycles. The third-order valence-electron chi connectivity index (χ3n) is 4.93. The fourth-order valence-corrected chi connectivity index (χ4v) is 3.62. The van der Waals surface area contributed by atoms with E-state index in [0.717, 1.165) is 24.8 Å². The molecule has 0 unspecified atom stereocenters. The highest BCUT2D eigenvalue weighted by atomic mass is 14.2. The maximum absolute atomic E-state index is 5.77. The average Bonchev–Trinajstić information content (AvgIpc) is 3.12. The summed E-state index contributed by atoms with van der Waals surface area (Å²) < 4.78 is 0. The molecule has 0 saturated heterocycles. The SMILES string of the molecule is C#Cc1cc(C2=CC(c3ccc(CC(=C)C)cc3)=CC2)ccc1CC(C)C. The van der Waals surface area contributed by atoms with Crippen LogP contribution in [-0.2, 0) is 12.8 Å². The smallest absolute Gasteiger partial charge is 0.0280 e. The van der Waals surface area contributed by atoms with Crippen LogP contribution in [0.2, 0.25) is 0 Å². The van der Waals surface area contributed by atoms with Gasteiger partial charge in [-0.25, -0.2) is 0 Å². The Bertz CT molecular complexity index is 941. The zero-order chi connectivity index (χ0) is 19.4. The van der Waals surface area contributed by atoms with Crippen LogP contribution in [0.15, 0.2) is 66.8 Å². The first-order valence-electron chi connectivity index (χ1n) is 9.70. The van der Waals surface area contributed by atoms with Crippen LogP contribution in [0.25, 0.3) is 11.1 Å². The summed E-state index contributed by atoms with van der Waals surface area (Å²) in [6.07, 6.45) is 13.3. The van der Waals surface area contributed by atoms with E-state index in [-0.39, 0.29) is 0 Å². The van der Waals surface area contributed by atoms with Crippen LogP contribution in [0.1, 0.15) is 55.0 Å². The van der Waals surface area contributed by atoms with Crippen LogP contribution < -0.4 is 0 Å². The molecule has 0 atom stereocenters. The van der Waals surface area contributed by atoms with Gasteiger partial charge in [0.15, 0.2) is 0 Å². The van der Waals surface area contributed by atoms with Crippen LogP contribution in [0, 0.1) is 18.3 Å². The Morgan fingerprint density at radius 3 is 2.44 bits per heavy atom. The van der Waals surface area contributed by atoms with Gasteiger partial charge in [0.1, 0.15) is 0 Å². The number of benzene rings is 2. The molecule has 0 radical (unpaired) electrons. The van der Waals surface area contributed by atoms with Gasteiger partial charge in [-0.15, -0.1) is 6.42 Å². The summed E-state index contributed by atoms with van der Waals surface area (Å²) >= 11 is 0. The molecule has 0 heterocycles. The molecule has 0 fully saturated rings. The molecule has 0 heteroatoms. The molecule has 2 aromatic carbocycles. The Morgan fingerprint density at radius 1 is 1.11 bits per heavy atom. The minimum atomic E-state index is 0.606. The lowest BCUT2D eigenvalue weighted by Crippen LogP contribution is -1.98. The van der Waals surface area contributed by atoms with Crippen molar-refractivity contribution in [2.75, 3.05) is 0 Å². The fourth-order valence-electron chi connectivity index (χ4n) is 3.62. The molecule has 0 aliphatic heterocycles. The number of rotatable bonds is 6. The Labute approximate surface area is 164 Å². The highest BCUT2D eigenvalue weighted by Gasteiger charge is 2.12. The van der Waals surface area contributed by atoms with Crippen molar-refractivity contribution in [3.05, 3.63) is 94.6 Å². The predicted octanol–water partition coefficient (Wildman–Crippen LogP) is 6.86. The zero-order valence-corrected chi connectivity index (χ0v) is 16.7. The standard InChI is InChI=1S/C27H28/c1-6-22-17-26(13-11-24(22)16-20(4)5)27-14-12-25(18-27)23-9-7-21(8-10-23)15-19(2)3/h1,7-13,17-18,20H,2,14-16H2,3-5H3. The molecule has 0 nitrogen and oxygen atoms in total. The van der Waals surface area contributed by atoms with Crippen LogP contribution >= 0.6 is 0 Å². The molecule has 136 valence electrons. The molecule has 0 N–H and O–H groups in total. The third-order valence-corrected chi connectivity index (χ3v) is 4.93. The molecular weight excluding hydrogens is 324 g/mol. The van der Waals surface area contributed by atoms with Crippen molar-refractivity contribution in [3.63, 3.8) is 0 Å². The first kappa shape index (κ1) is 19.0. The van der Waals surface area contributed by atoms with E-state index in [4.69, 9.17) is 6.42 Å². The average molecular weight is 353 g/mol. The summed E-state index contributed by atoms with van der Waals surface area (Å²) in [5.41, 5.74) is 9.94. The Morgan fingerprint density at radius 2 is 1.81 bits per heavy atom. The van der Waals surface area contributed by atoms with E-state index in [1.807, 2.05) is 0 Å². The molecule has 1 aliphatic carbocycles. The molecule has 0 aromatic heterocycles. The second kappa shape index (κ2) is 8.28. The molecule has 1 aliphatic rings. The van der Waals surface area contributed by atoms with E-state index in [9.17, 15) is 0 Å². The van der Waals surface area contributed by atoms with Crippen molar-refractivity contribution in [3.8, 4) is 12.3 Å². The topological polar surface area (TPSA) is 0 Å². The lowest BCUT2D eigenvalue weighted by Gasteiger charge is -2.10. The van der Waals surface area contributed by atoms with Gasteiger partial charge in [0.25, 0.3) is 0 Å². The van der Waals surface area contributed by atoms with Crippen molar-refractivity contribution in [1.29, 1.82) is 0 Å². The van der Waals surface area contributed by atoms with Crippen LogP contribution in [0.3, 0.4) is 0 Å². The predicted molar refractivity (Wildman–Crippen MR) is 118 cm³/mol. The number of allylic oxidation sites excluding steroid dienone is 5. The van der Waals surface area contributed by atoms with Crippen molar-refractivity contribution < 1.29 is 0 Å². The monoisotopic (exact) mass is 352 g/mol. The van der Waals surface area contributed by atoms with E-state index in [2.05, 4.69) is 87.9 Å². The fraction of sp³-hybridized carbons (Fsp3) is 0.259. The summed E-state index contributed by atoms with van der Waals surface area (Å²) in [6, 6.07) is 15.4. The van der Waals surface area contributed by atoms with E-state index >= 15 is 0 Å². The number of hydrogen-bond acceptors (Lipinski definition) is 0. The van der Waals surface area contributed by atoms with Gasteiger partial charge in [-0.3, -0.25) is 0 Å². The Hall–Kier alpha value is -2.78. The van der Waals surface area contributed by atoms with Crippen molar-refractivity contribution in [2.24, 2.45) is 5.92 Å². The normalized spacial score (nSPS) is 13.3. The maximum Gasteiger partial charge on any atom is 0.0280 e. The van der Waals surface area contributed by atoms with Gasteiger partial charge < -0.3 is 0 Å². The van der Waals surface area contributed by atoms with Crippen molar-refractivity contribution in [1.82, 2.24) is 0 Å². The molecule has 27 heavy (non-hydrogen) atoms. The van der Waals surface area contributed by atoms with E-state index < -0.39 is 0 Å². The summed E-state index contributed by atoms with van der Waals surface area (Å²) in [4.78, 5) is 0. The molecule has 3 rings (SSSR count). The third kappa shape index (κ3) is 4.69. The van der Waals surface area contributed by atoms with Crippen LogP contribution in [0.5, 0.6) is 0 Å². The quantitative estimate of drug-likeness (QED) is 0.394. The minimum absolute atomic E-state index is 0.606. The first-order chi connectivity index (χ1) is 13.0. The van der Waals surface area contributed by atoms with Gasteiger partial charge in [0, 0.05) is 5.56 Å². The zero-order valence-electron chi connectivity index (χ0n) is 16.7. The van der Waals surface area contributed by atoms with Crippen LogP contribution in [-0.4, -0.2) is 0 Å². The van der Waals surface area contributed by atoms with Crippen LogP contribution in [0.4, 0.5) is 0 Å². The van der Waals surface area contributed by atoms with Gasteiger partial charge in [-0.05, 0) is 71.6 Å². The summed E-state index contributed by atoms with van der Waals surface area (Å²) in [7, 11) is 0. The van der Waals surface area contributed by atoms with Crippen molar-refractivity contribution in [2.45, 2.75) is 40.0 Å². The number of hydrogen-bond donors (Lipinski definition) is 0. The number of terminal acetylenes is 1. The van der Waals surface area contributed by atoms with Gasteiger partial charge in [0.05, 0.1) is 0 Å². The molecule has 0 bridgehead atoms. The second-order valence-corrected chi connectivity index (χ2v) is 7.98. The Balaban J connectivity index is 1.80. The summed E-state index contributed by atoms with van der Waals surface area (Å²) in [5.74, 6) is 3.48. The Kier molecular flexibility index (Phi) is 5.82.